The van der Waals surface area contributed by atoms with Crippen LogP contribution in [0.25, 0.3) is 0 Å². The van der Waals surface area contributed by atoms with E-state index < -0.39 is 0 Å². The third kappa shape index (κ3) is 4.66. The van der Waals surface area contributed by atoms with E-state index in [1.807, 2.05) is 13.8 Å². The van der Waals surface area contributed by atoms with Crippen molar-refractivity contribution in [3.63, 3.8) is 0 Å². The van der Waals surface area contributed by atoms with Crippen molar-refractivity contribution in [3.05, 3.63) is 0 Å². The van der Waals surface area contributed by atoms with Gasteiger partial charge in [-0.1, -0.05) is 0 Å². The molecule has 0 aromatic rings. The van der Waals surface area contributed by atoms with Gasteiger partial charge in [-0.05, 0) is 39.6 Å². The molecule has 0 saturated heterocycles. The molecular formula is C7H13NOS. The van der Waals surface area contributed by atoms with Gasteiger partial charge >= 0.3 is 0 Å². The van der Waals surface area contributed by atoms with Crippen LogP contribution >= 0.6 is 12.9 Å². The topological polar surface area (TPSA) is 33.0 Å². The summed E-state index contributed by atoms with van der Waals surface area (Å²) in [6.45, 7) is 3.91. The van der Waals surface area contributed by atoms with Gasteiger partial charge in [-0.2, -0.15) is 5.26 Å². The summed E-state index contributed by atoms with van der Waals surface area (Å²) in [5, 5.41) is 8.23. The summed E-state index contributed by atoms with van der Waals surface area (Å²) in [5.74, 6) is 0. The third-order valence-electron chi connectivity index (χ3n) is 1.31. The fraction of sp³-hybridized carbons (Fsp3) is 0.857. The number of hydrogen-bond acceptors (Lipinski definition) is 3. The molecule has 0 aromatic heterocycles. The average Bonchev–Trinajstić information content (AvgIpc) is 1.89. The number of hydrogen-bond donors (Lipinski definition) is 1. The van der Waals surface area contributed by atoms with Crippen LogP contribution in [0.2, 0.25) is 0 Å². The summed E-state index contributed by atoms with van der Waals surface area (Å²) >= 11 is 3.72. The summed E-state index contributed by atoms with van der Waals surface area (Å²) in [6, 6.07) is 2.08. The normalized spacial score (nSPS) is 11.0. The van der Waals surface area contributed by atoms with Crippen molar-refractivity contribution in [2.45, 2.75) is 38.7 Å². The molecule has 0 unspecified atom stereocenters. The Labute approximate surface area is 67.8 Å². The molecule has 0 bridgehead atoms. The van der Waals surface area contributed by atoms with E-state index in [1.165, 1.54) is 0 Å². The van der Waals surface area contributed by atoms with Gasteiger partial charge in [-0.3, -0.25) is 0 Å². The molecule has 0 fully saturated rings. The average molecular weight is 159 g/mol. The number of thiol groups is 1. The Morgan fingerprint density at radius 3 is 2.60 bits per heavy atom. The van der Waals surface area contributed by atoms with Gasteiger partial charge in [-0.25, -0.2) is 0 Å². The molecular weight excluding hydrogens is 146 g/mol. The van der Waals surface area contributed by atoms with Crippen molar-refractivity contribution in [2.75, 3.05) is 0 Å². The van der Waals surface area contributed by atoms with Crippen LogP contribution < -0.4 is 0 Å². The van der Waals surface area contributed by atoms with Gasteiger partial charge in [0.25, 0.3) is 0 Å². The zero-order chi connectivity index (χ0) is 8.04. The minimum atomic E-state index is -0.194. The molecule has 0 aromatic carbocycles. The monoisotopic (exact) mass is 159 g/mol. The van der Waals surface area contributed by atoms with Crippen molar-refractivity contribution >= 4 is 12.9 Å². The highest BCUT2D eigenvalue weighted by molar-refractivity contribution is 7.75. The molecule has 10 heavy (non-hydrogen) atoms. The van der Waals surface area contributed by atoms with Gasteiger partial charge in [0.2, 0.25) is 0 Å². The van der Waals surface area contributed by atoms with E-state index in [4.69, 9.17) is 9.44 Å². The molecule has 3 heteroatoms. The quantitative estimate of drug-likeness (QED) is 0.388. The van der Waals surface area contributed by atoms with E-state index in [-0.39, 0.29) is 5.60 Å². The maximum absolute atomic E-state index is 8.23. The Kier molecular flexibility index (Phi) is 4.50. The first-order valence-electron chi connectivity index (χ1n) is 3.32. The van der Waals surface area contributed by atoms with Crippen molar-refractivity contribution in [1.82, 2.24) is 0 Å². The van der Waals surface area contributed by atoms with Crippen LogP contribution in [0.4, 0.5) is 0 Å². The van der Waals surface area contributed by atoms with Crippen LogP contribution in [0.1, 0.15) is 33.1 Å². The second kappa shape index (κ2) is 4.59. The molecule has 0 heterocycles. The van der Waals surface area contributed by atoms with Crippen molar-refractivity contribution < 1.29 is 4.18 Å². The van der Waals surface area contributed by atoms with Gasteiger partial charge in [0, 0.05) is 6.42 Å². The first-order chi connectivity index (χ1) is 4.62. The molecule has 0 aliphatic carbocycles. The lowest BCUT2D eigenvalue weighted by molar-refractivity contribution is 0.131. The van der Waals surface area contributed by atoms with Crippen molar-refractivity contribution in [3.8, 4) is 6.07 Å². The summed E-state index contributed by atoms with van der Waals surface area (Å²) < 4.78 is 4.87. The van der Waals surface area contributed by atoms with Gasteiger partial charge in [0.1, 0.15) is 0 Å². The van der Waals surface area contributed by atoms with Crippen LogP contribution in [-0.4, -0.2) is 5.60 Å². The fourth-order valence-electron chi connectivity index (χ4n) is 0.639. The van der Waals surface area contributed by atoms with E-state index in [1.54, 1.807) is 0 Å². The molecule has 0 amide bonds. The minimum absolute atomic E-state index is 0.194. The summed E-state index contributed by atoms with van der Waals surface area (Å²) in [6.07, 6.45) is 2.36. The predicted molar refractivity (Wildman–Crippen MR) is 43.6 cm³/mol. The Morgan fingerprint density at radius 1 is 1.60 bits per heavy atom. The lowest BCUT2D eigenvalue weighted by Crippen LogP contribution is -2.19. The lowest BCUT2D eigenvalue weighted by Gasteiger charge is -2.20. The van der Waals surface area contributed by atoms with Gasteiger partial charge in [0.05, 0.1) is 11.7 Å². The Hall–Kier alpha value is -0.200. The van der Waals surface area contributed by atoms with Gasteiger partial charge in [-0.15, -0.1) is 0 Å². The fourth-order valence-corrected chi connectivity index (χ4v) is 0.730. The summed E-state index contributed by atoms with van der Waals surface area (Å²) in [7, 11) is 0. The highest BCUT2D eigenvalue weighted by atomic mass is 32.1. The van der Waals surface area contributed by atoms with Crippen molar-refractivity contribution in [1.29, 1.82) is 5.26 Å². The van der Waals surface area contributed by atoms with E-state index in [0.717, 1.165) is 12.8 Å². The van der Waals surface area contributed by atoms with Crippen LogP contribution in [0.5, 0.6) is 0 Å². The largest absolute Gasteiger partial charge is 0.313 e. The molecule has 0 N–H and O–H groups in total. The highest BCUT2D eigenvalue weighted by Crippen LogP contribution is 2.18. The highest BCUT2D eigenvalue weighted by Gasteiger charge is 2.15. The molecule has 0 aliphatic rings. The smallest absolute Gasteiger partial charge is 0.0770 e. The van der Waals surface area contributed by atoms with E-state index in [0.29, 0.717) is 6.42 Å². The predicted octanol–water partition coefficient (Wildman–Crippen LogP) is 2.32. The zero-order valence-corrected chi connectivity index (χ0v) is 7.32. The van der Waals surface area contributed by atoms with Gasteiger partial charge in [0.15, 0.2) is 0 Å². The second-order valence-corrected chi connectivity index (χ2v) is 3.05. The standard InChI is InChI=1S/C7H13NOS/c1-7(2,9-10)5-3-4-6-8/h10H,3-5H2,1-2H3. The second-order valence-electron chi connectivity index (χ2n) is 2.86. The first kappa shape index (κ1) is 9.80. The lowest BCUT2D eigenvalue weighted by atomic mass is 10.0. The molecule has 0 spiro atoms. The van der Waals surface area contributed by atoms with E-state index in [9.17, 15) is 0 Å². The minimum Gasteiger partial charge on any atom is -0.313 e. The Morgan fingerprint density at radius 2 is 2.20 bits per heavy atom. The first-order valence-corrected chi connectivity index (χ1v) is 3.68. The Balaban J connectivity index is 3.39. The molecule has 58 valence electrons. The molecule has 0 atom stereocenters. The van der Waals surface area contributed by atoms with Gasteiger partial charge < -0.3 is 4.18 Å². The van der Waals surface area contributed by atoms with E-state index in [2.05, 4.69) is 19.0 Å². The van der Waals surface area contributed by atoms with Crippen LogP contribution in [0.15, 0.2) is 0 Å². The molecule has 2 nitrogen and oxygen atoms in total. The molecule has 0 aliphatic heterocycles. The molecule has 0 rings (SSSR count). The number of nitriles is 1. The van der Waals surface area contributed by atoms with E-state index >= 15 is 0 Å². The summed E-state index contributed by atoms with van der Waals surface area (Å²) in [4.78, 5) is 0. The maximum Gasteiger partial charge on any atom is 0.0770 e. The number of nitrogens with zero attached hydrogens (tertiary/aromatic N) is 1. The van der Waals surface area contributed by atoms with Crippen LogP contribution in [-0.2, 0) is 4.18 Å². The Bertz CT molecular complexity index is 128. The van der Waals surface area contributed by atoms with Crippen LogP contribution in [0, 0.1) is 11.3 Å². The zero-order valence-electron chi connectivity index (χ0n) is 6.42. The number of unbranched alkanes of at least 4 members (excludes halogenated alkanes) is 1. The SMILES string of the molecule is CC(C)(CCCC#N)OS. The van der Waals surface area contributed by atoms with Crippen molar-refractivity contribution in [2.24, 2.45) is 0 Å². The molecule has 0 radical (unpaired) electrons. The summed E-state index contributed by atoms with van der Waals surface area (Å²) in [5.41, 5.74) is -0.194. The third-order valence-corrected chi connectivity index (χ3v) is 1.81. The maximum atomic E-state index is 8.23. The molecule has 0 saturated carbocycles. The number of rotatable bonds is 4. The van der Waals surface area contributed by atoms with Crippen LogP contribution in [0.3, 0.4) is 0 Å².